The van der Waals surface area contributed by atoms with Gasteiger partial charge in [0.25, 0.3) is 0 Å². The van der Waals surface area contributed by atoms with Crippen LogP contribution in [-0.4, -0.2) is 34.9 Å². The molecule has 19 heavy (non-hydrogen) atoms. The molecule has 0 aliphatic heterocycles. The maximum atomic E-state index is 11.4. The number of rotatable bonds is 10. The Balaban J connectivity index is 1.94. The summed E-state index contributed by atoms with van der Waals surface area (Å²) in [5.74, 6) is 1.03. The third-order valence-electron chi connectivity index (χ3n) is 2.32. The first kappa shape index (κ1) is 16.3. The summed E-state index contributed by atoms with van der Waals surface area (Å²) in [6.45, 7) is 0.854. The summed E-state index contributed by atoms with van der Waals surface area (Å²) in [6, 6.07) is 5.84. The molecule has 1 amide bonds. The number of hydrogen-bond acceptors (Lipinski definition) is 5. The fourth-order valence-electron chi connectivity index (χ4n) is 1.34. The molecule has 0 fully saturated rings. The topological polar surface area (TPSA) is 62.2 Å². The van der Waals surface area contributed by atoms with Crippen molar-refractivity contribution in [3.63, 3.8) is 0 Å². The molecular weight excluding hydrogens is 280 g/mol. The van der Waals surface area contributed by atoms with Gasteiger partial charge in [-0.3, -0.25) is 4.79 Å². The van der Waals surface area contributed by atoms with Gasteiger partial charge < -0.3 is 10.4 Å². The predicted molar refractivity (Wildman–Crippen MR) is 81.1 cm³/mol. The molecule has 0 unspecified atom stereocenters. The number of nitrogens with zero attached hydrogens (tertiary/aromatic N) is 1. The summed E-state index contributed by atoms with van der Waals surface area (Å²) < 4.78 is 0. The molecule has 1 heterocycles. The molecule has 0 aliphatic rings. The molecule has 6 heteroatoms. The molecule has 106 valence electrons. The van der Waals surface area contributed by atoms with Gasteiger partial charge in [0.2, 0.25) is 5.91 Å². The van der Waals surface area contributed by atoms with Gasteiger partial charge in [0, 0.05) is 31.5 Å². The summed E-state index contributed by atoms with van der Waals surface area (Å²) in [4.78, 5) is 15.6. The van der Waals surface area contributed by atoms with Crippen LogP contribution in [0.1, 0.15) is 25.7 Å². The van der Waals surface area contributed by atoms with Crippen LogP contribution in [0.4, 0.5) is 0 Å². The van der Waals surface area contributed by atoms with Crippen molar-refractivity contribution in [3.05, 3.63) is 24.4 Å². The van der Waals surface area contributed by atoms with Crippen molar-refractivity contribution in [1.29, 1.82) is 0 Å². The largest absolute Gasteiger partial charge is 0.396 e. The lowest BCUT2D eigenvalue weighted by Gasteiger charge is -2.04. The van der Waals surface area contributed by atoms with Crippen molar-refractivity contribution in [2.75, 3.05) is 18.9 Å². The van der Waals surface area contributed by atoms with Gasteiger partial charge >= 0.3 is 0 Å². The smallest absolute Gasteiger partial charge is 0.220 e. The number of aliphatic hydroxyl groups is 1. The van der Waals surface area contributed by atoms with Crippen LogP contribution in [0.5, 0.6) is 0 Å². The van der Waals surface area contributed by atoms with Gasteiger partial charge in [-0.15, -0.1) is 0 Å². The number of pyridine rings is 1. The van der Waals surface area contributed by atoms with E-state index in [-0.39, 0.29) is 12.5 Å². The summed E-state index contributed by atoms with van der Waals surface area (Å²) >= 11 is 0. The molecule has 1 aromatic heterocycles. The zero-order chi connectivity index (χ0) is 13.8. The van der Waals surface area contributed by atoms with E-state index in [0.717, 1.165) is 30.0 Å². The van der Waals surface area contributed by atoms with E-state index in [4.69, 9.17) is 5.11 Å². The normalized spacial score (nSPS) is 10.4. The minimum absolute atomic E-state index is 0.0985. The van der Waals surface area contributed by atoms with Crippen LogP contribution in [0.3, 0.4) is 0 Å². The molecular formula is C13H20N2O2S2. The van der Waals surface area contributed by atoms with Crippen LogP contribution in [-0.2, 0) is 4.79 Å². The van der Waals surface area contributed by atoms with Crippen molar-refractivity contribution >= 4 is 27.5 Å². The van der Waals surface area contributed by atoms with Crippen LogP contribution < -0.4 is 5.32 Å². The van der Waals surface area contributed by atoms with E-state index in [9.17, 15) is 4.79 Å². The molecule has 4 nitrogen and oxygen atoms in total. The number of aliphatic hydroxyl groups excluding tert-OH is 1. The number of carbonyl (C=O) groups excluding carboxylic acids is 1. The number of carbonyl (C=O) groups is 1. The van der Waals surface area contributed by atoms with Crippen LogP contribution in [0.25, 0.3) is 0 Å². The quantitative estimate of drug-likeness (QED) is 0.513. The highest BCUT2D eigenvalue weighted by atomic mass is 33.1. The fraction of sp³-hybridized carbons (Fsp3) is 0.538. The number of hydrogen-bond donors (Lipinski definition) is 2. The van der Waals surface area contributed by atoms with Crippen LogP contribution in [0.2, 0.25) is 0 Å². The molecule has 0 aromatic carbocycles. The fourth-order valence-corrected chi connectivity index (χ4v) is 3.31. The molecule has 1 rings (SSSR count). The Bertz CT molecular complexity index is 350. The maximum absolute atomic E-state index is 11.4. The zero-order valence-electron chi connectivity index (χ0n) is 10.9. The summed E-state index contributed by atoms with van der Waals surface area (Å²) in [7, 11) is 3.36. The summed E-state index contributed by atoms with van der Waals surface area (Å²) in [5, 5.41) is 12.5. The average Bonchev–Trinajstić information content (AvgIpc) is 2.44. The Morgan fingerprint density at radius 1 is 1.32 bits per heavy atom. The van der Waals surface area contributed by atoms with Crippen molar-refractivity contribution in [2.45, 2.75) is 30.7 Å². The average molecular weight is 300 g/mol. The van der Waals surface area contributed by atoms with Gasteiger partial charge in [-0.1, -0.05) is 16.9 Å². The van der Waals surface area contributed by atoms with E-state index < -0.39 is 0 Å². The number of unbranched alkanes of at least 4 members (excludes halogenated alkanes) is 1. The highest BCUT2D eigenvalue weighted by molar-refractivity contribution is 8.76. The monoisotopic (exact) mass is 300 g/mol. The minimum Gasteiger partial charge on any atom is -0.396 e. The molecule has 0 bridgehead atoms. The second-order valence-electron chi connectivity index (χ2n) is 3.96. The summed E-state index contributed by atoms with van der Waals surface area (Å²) in [5.41, 5.74) is 0. The van der Waals surface area contributed by atoms with E-state index in [0.29, 0.717) is 13.0 Å². The second kappa shape index (κ2) is 11.1. The molecule has 0 aliphatic carbocycles. The highest BCUT2D eigenvalue weighted by Gasteiger charge is 2.01. The van der Waals surface area contributed by atoms with Gasteiger partial charge in [0.05, 0.1) is 0 Å². The Labute approximate surface area is 122 Å². The van der Waals surface area contributed by atoms with E-state index in [1.807, 2.05) is 18.2 Å². The Morgan fingerprint density at radius 3 is 2.95 bits per heavy atom. The van der Waals surface area contributed by atoms with Gasteiger partial charge in [-0.05, 0) is 42.2 Å². The zero-order valence-corrected chi connectivity index (χ0v) is 12.5. The van der Waals surface area contributed by atoms with Crippen molar-refractivity contribution in [1.82, 2.24) is 10.3 Å². The highest BCUT2D eigenvalue weighted by Crippen LogP contribution is 2.29. The number of nitrogens with one attached hydrogen (secondary N) is 1. The van der Waals surface area contributed by atoms with Crippen LogP contribution in [0.15, 0.2) is 29.4 Å². The first-order valence-electron chi connectivity index (χ1n) is 6.41. The van der Waals surface area contributed by atoms with E-state index in [2.05, 4.69) is 10.3 Å². The van der Waals surface area contributed by atoms with Gasteiger partial charge in [-0.25, -0.2) is 4.98 Å². The van der Waals surface area contributed by atoms with Crippen molar-refractivity contribution in [3.8, 4) is 0 Å². The standard InChI is InChI=1S/C13H20N2O2S2/c16-10-4-3-8-14-12(17)6-5-11-18-19-13-7-1-2-9-15-13/h1-2,7,9,16H,3-6,8,10-11H2,(H,14,17). The van der Waals surface area contributed by atoms with E-state index in [1.165, 1.54) is 0 Å². The van der Waals surface area contributed by atoms with Crippen molar-refractivity contribution in [2.24, 2.45) is 0 Å². The lowest BCUT2D eigenvalue weighted by atomic mass is 10.3. The first-order chi connectivity index (χ1) is 9.33. The van der Waals surface area contributed by atoms with Gasteiger partial charge in [0.15, 0.2) is 0 Å². The SMILES string of the molecule is O=C(CCCSSc1ccccn1)NCCCCO. The minimum atomic E-state index is 0.0985. The molecule has 0 saturated carbocycles. The molecule has 1 aromatic rings. The molecule has 0 radical (unpaired) electrons. The molecule has 0 spiro atoms. The summed E-state index contributed by atoms with van der Waals surface area (Å²) in [6.07, 6.45) is 4.80. The number of amides is 1. The molecule has 0 saturated heterocycles. The Morgan fingerprint density at radius 2 is 2.21 bits per heavy atom. The van der Waals surface area contributed by atoms with E-state index in [1.54, 1.807) is 27.8 Å². The third kappa shape index (κ3) is 8.91. The van der Waals surface area contributed by atoms with Crippen molar-refractivity contribution < 1.29 is 9.90 Å². The van der Waals surface area contributed by atoms with Gasteiger partial charge in [0.1, 0.15) is 5.03 Å². The van der Waals surface area contributed by atoms with Crippen LogP contribution in [0, 0.1) is 0 Å². The third-order valence-corrected chi connectivity index (χ3v) is 4.67. The Hall–Kier alpha value is -0.720. The molecule has 2 N–H and O–H groups in total. The van der Waals surface area contributed by atoms with E-state index >= 15 is 0 Å². The molecule has 0 atom stereocenters. The van der Waals surface area contributed by atoms with Gasteiger partial charge in [-0.2, -0.15) is 0 Å². The van der Waals surface area contributed by atoms with Crippen LogP contribution >= 0.6 is 21.6 Å². The lowest BCUT2D eigenvalue weighted by molar-refractivity contribution is -0.121. The first-order valence-corrected chi connectivity index (χ1v) is 8.73. The lowest BCUT2D eigenvalue weighted by Crippen LogP contribution is -2.24. The predicted octanol–water partition coefficient (Wildman–Crippen LogP) is 2.49. The second-order valence-corrected chi connectivity index (χ2v) is 6.39. The maximum Gasteiger partial charge on any atom is 0.220 e. The number of aromatic nitrogens is 1. The Kier molecular flexibility index (Phi) is 9.57.